The number of rotatable bonds is 4. The molecule has 0 radical (unpaired) electrons. The number of benzene rings is 5. The Morgan fingerprint density at radius 1 is 0.486 bits per heavy atom. The Morgan fingerprint density at radius 2 is 0.943 bits per heavy atom. The molecule has 0 aromatic heterocycles. The van der Waals surface area contributed by atoms with E-state index in [0.717, 1.165) is 0 Å². The monoisotopic (exact) mass is 467 g/mol. The molecule has 0 spiro atoms. The summed E-state index contributed by atoms with van der Waals surface area (Å²) in [7, 11) is -0.467. The number of para-hydroxylation sites is 2. The standard InChI is InChI=1S/C33H29NSi/c1-33(2,35-26-12-4-3-5-13-26)24-20-22-25(23-21-24)34-31-18-10-8-16-29(31)27-14-6-7-15-28(27)30-17-9-11-19-32(30)34/h3-23H,35H2,1-2H3. The Bertz CT molecular complexity index is 1420. The molecular formula is C33H29NSi. The smallest absolute Gasteiger partial charge is 0.0655 e. The lowest BCUT2D eigenvalue weighted by molar-refractivity contribution is 0.756. The Balaban J connectivity index is 1.46. The maximum atomic E-state index is 2.43. The lowest BCUT2D eigenvalue weighted by Crippen LogP contribution is -2.34. The van der Waals surface area contributed by atoms with Gasteiger partial charge in [-0.05, 0) is 46.0 Å². The highest BCUT2D eigenvalue weighted by atomic mass is 28.2. The van der Waals surface area contributed by atoms with E-state index in [1.54, 1.807) is 0 Å². The minimum Gasteiger partial charge on any atom is -0.309 e. The molecular weight excluding hydrogens is 438 g/mol. The molecule has 0 fully saturated rings. The molecule has 0 saturated carbocycles. The molecule has 5 aromatic rings. The van der Waals surface area contributed by atoms with Crippen molar-refractivity contribution in [3.8, 4) is 22.3 Å². The van der Waals surface area contributed by atoms with Crippen molar-refractivity contribution in [1.82, 2.24) is 0 Å². The molecule has 2 heteroatoms. The number of anilines is 3. The van der Waals surface area contributed by atoms with Gasteiger partial charge in [0.2, 0.25) is 0 Å². The Hall–Kier alpha value is -3.88. The maximum absolute atomic E-state index is 2.43. The zero-order valence-electron chi connectivity index (χ0n) is 20.3. The van der Waals surface area contributed by atoms with Crippen LogP contribution in [0.15, 0.2) is 127 Å². The first-order valence-corrected chi connectivity index (χ1v) is 13.8. The topological polar surface area (TPSA) is 3.24 Å². The zero-order valence-corrected chi connectivity index (χ0v) is 21.7. The van der Waals surface area contributed by atoms with Crippen LogP contribution in [0.2, 0.25) is 0 Å². The van der Waals surface area contributed by atoms with E-state index in [-0.39, 0.29) is 5.04 Å². The van der Waals surface area contributed by atoms with Crippen molar-refractivity contribution in [3.05, 3.63) is 133 Å². The average Bonchev–Trinajstić information content (AvgIpc) is 3.02. The summed E-state index contributed by atoms with van der Waals surface area (Å²) < 4.78 is 0. The summed E-state index contributed by atoms with van der Waals surface area (Å²) in [6.45, 7) is 4.79. The van der Waals surface area contributed by atoms with Gasteiger partial charge in [-0.3, -0.25) is 0 Å². The van der Waals surface area contributed by atoms with Crippen LogP contribution in [0, 0.1) is 0 Å². The number of nitrogens with zero attached hydrogens (tertiary/aromatic N) is 1. The normalized spacial score (nSPS) is 12.7. The van der Waals surface area contributed by atoms with E-state index in [9.17, 15) is 0 Å². The molecule has 1 aliphatic heterocycles. The van der Waals surface area contributed by atoms with Crippen molar-refractivity contribution < 1.29 is 0 Å². The average molecular weight is 468 g/mol. The third kappa shape index (κ3) is 3.90. The van der Waals surface area contributed by atoms with Gasteiger partial charge in [0.25, 0.3) is 0 Å². The van der Waals surface area contributed by atoms with Gasteiger partial charge in [0.15, 0.2) is 0 Å². The molecule has 1 aliphatic rings. The zero-order chi connectivity index (χ0) is 23.8. The van der Waals surface area contributed by atoms with Crippen LogP contribution >= 0.6 is 0 Å². The predicted molar refractivity (Wildman–Crippen MR) is 153 cm³/mol. The summed E-state index contributed by atoms with van der Waals surface area (Å²) in [5.41, 5.74) is 10.1. The second kappa shape index (κ2) is 8.72. The number of fused-ring (bicyclic) bond motifs is 5. The number of hydrogen-bond acceptors (Lipinski definition) is 1. The van der Waals surface area contributed by atoms with Crippen molar-refractivity contribution >= 4 is 31.8 Å². The second-order valence-corrected chi connectivity index (χ2v) is 12.9. The number of hydrogen-bond donors (Lipinski definition) is 0. The summed E-state index contributed by atoms with van der Waals surface area (Å²) in [6, 6.07) is 46.6. The van der Waals surface area contributed by atoms with E-state index >= 15 is 0 Å². The minimum absolute atomic E-state index is 0.185. The Kier molecular flexibility index (Phi) is 5.39. The van der Waals surface area contributed by atoms with Crippen LogP contribution in [-0.2, 0) is 5.04 Å². The Labute approximate surface area is 210 Å². The van der Waals surface area contributed by atoms with Crippen LogP contribution in [0.1, 0.15) is 19.4 Å². The highest BCUT2D eigenvalue weighted by molar-refractivity contribution is 6.56. The van der Waals surface area contributed by atoms with Gasteiger partial charge >= 0.3 is 0 Å². The largest absolute Gasteiger partial charge is 0.309 e. The van der Waals surface area contributed by atoms with Crippen LogP contribution in [0.25, 0.3) is 22.3 Å². The van der Waals surface area contributed by atoms with Gasteiger partial charge in [0.1, 0.15) is 0 Å². The van der Waals surface area contributed by atoms with Gasteiger partial charge < -0.3 is 4.90 Å². The first kappa shape index (κ1) is 21.6. The van der Waals surface area contributed by atoms with Gasteiger partial charge in [0, 0.05) is 16.8 Å². The first-order chi connectivity index (χ1) is 17.1. The minimum atomic E-state index is -0.467. The molecule has 5 aromatic carbocycles. The van der Waals surface area contributed by atoms with Crippen molar-refractivity contribution in [2.45, 2.75) is 18.9 Å². The molecule has 170 valence electrons. The van der Waals surface area contributed by atoms with Crippen molar-refractivity contribution in [2.75, 3.05) is 4.90 Å². The second-order valence-electron chi connectivity index (χ2n) is 10.0. The van der Waals surface area contributed by atoms with Crippen LogP contribution in [0.5, 0.6) is 0 Å². The first-order valence-electron chi connectivity index (χ1n) is 12.3. The van der Waals surface area contributed by atoms with E-state index in [4.69, 9.17) is 0 Å². The molecule has 0 bridgehead atoms. The molecule has 0 amide bonds. The predicted octanol–water partition coefficient (Wildman–Crippen LogP) is 7.53. The van der Waals surface area contributed by atoms with E-state index < -0.39 is 9.52 Å². The fraction of sp³-hybridized carbons (Fsp3) is 0.0909. The van der Waals surface area contributed by atoms with Crippen LogP contribution < -0.4 is 10.1 Å². The Morgan fingerprint density at radius 3 is 1.49 bits per heavy atom. The summed E-state index contributed by atoms with van der Waals surface area (Å²) in [6.07, 6.45) is 0. The maximum Gasteiger partial charge on any atom is 0.0655 e. The lowest BCUT2D eigenvalue weighted by atomic mass is 9.95. The van der Waals surface area contributed by atoms with E-state index in [0.29, 0.717) is 0 Å². The van der Waals surface area contributed by atoms with Crippen LogP contribution in [-0.4, -0.2) is 9.52 Å². The van der Waals surface area contributed by atoms with Crippen molar-refractivity contribution in [1.29, 1.82) is 0 Å². The molecule has 6 rings (SSSR count). The summed E-state index contributed by atoms with van der Waals surface area (Å²) in [4.78, 5) is 2.43. The molecule has 0 atom stereocenters. The summed E-state index contributed by atoms with van der Waals surface area (Å²) in [5.74, 6) is 0. The summed E-state index contributed by atoms with van der Waals surface area (Å²) >= 11 is 0. The third-order valence-corrected chi connectivity index (χ3v) is 9.36. The fourth-order valence-electron chi connectivity index (χ4n) is 5.42. The highest BCUT2D eigenvalue weighted by Crippen LogP contribution is 2.50. The fourth-order valence-corrected chi connectivity index (χ4v) is 7.39. The lowest BCUT2D eigenvalue weighted by Gasteiger charge is -2.29. The van der Waals surface area contributed by atoms with Crippen LogP contribution in [0.3, 0.4) is 0 Å². The SMILES string of the molecule is CC(C)([SiH2]c1ccccc1)c1ccc(N2c3ccccc3-c3ccccc3-c3ccccc32)cc1. The van der Waals surface area contributed by atoms with E-state index in [1.165, 1.54) is 50.1 Å². The molecule has 1 nitrogen and oxygen atoms in total. The molecule has 0 N–H and O–H groups in total. The third-order valence-electron chi connectivity index (χ3n) is 7.19. The molecule has 0 aliphatic carbocycles. The van der Waals surface area contributed by atoms with Gasteiger partial charge in [-0.15, -0.1) is 0 Å². The molecule has 35 heavy (non-hydrogen) atoms. The molecule has 0 saturated heterocycles. The quantitative estimate of drug-likeness (QED) is 0.242. The highest BCUT2D eigenvalue weighted by Gasteiger charge is 2.26. The molecule has 0 unspecified atom stereocenters. The van der Waals surface area contributed by atoms with Gasteiger partial charge in [-0.1, -0.05) is 122 Å². The molecule has 1 heterocycles. The van der Waals surface area contributed by atoms with Crippen LogP contribution in [0.4, 0.5) is 17.1 Å². The van der Waals surface area contributed by atoms with Gasteiger partial charge in [0.05, 0.1) is 20.9 Å². The van der Waals surface area contributed by atoms with Crippen molar-refractivity contribution in [2.24, 2.45) is 0 Å². The van der Waals surface area contributed by atoms with Gasteiger partial charge in [-0.2, -0.15) is 0 Å². The summed E-state index contributed by atoms with van der Waals surface area (Å²) in [5, 5.41) is 1.69. The van der Waals surface area contributed by atoms with Crippen molar-refractivity contribution in [3.63, 3.8) is 0 Å². The van der Waals surface area contributed by atoms with E-state index in [2.05, 4.69) is 146 Å². The van der Waals surface area contributed by atoms with Gasteiger partial charge in [-0.25, -0.2) is 0 Å². The van der Waals surface area contributed by atoms with E-state index in [1.807, 2.05) is 0 Å².